The molecule has 1 saturated heterocycles. The summed E-state index contributed by atoms with van der Waals surface area (Å²) in [6.45, 7) is 9.16. The minimum absolute atomic E-state index is 0.00573. The summed E-state index contributed by atoms with van der Waals surface area (Å²) >= 11 is 0. The number of nitrogens with one attached hydrogen (secondary N) is 2. The molecule has 138 valence electrons. The Morgan fingerprint density at radius 1 is 1.28 bits per heavy atom. The minimum atomic E-state index is -0.573. The van der Waals surface area contributed by atoms with Crippen molar-refractivity contribution in [3.05, 3.63) is 23.8 Å². The molecule has 25 heavy (non-hydrogen) atoms. The summed E-state index contributed by atoms with van der Waals surface area (Å²) in [5.74, 6) is 1.34. The lowest BCUT2D eigenvalue weighted by Crippen LogP contribution is -2.50. The highest BCUT2D eigenvalue weighted by atomic mass is 16.5. The van der Waals surface area contributed by atoms with Crippen molar-refractivity contribution in [2.75, 3.05) is 19.8 Å². The molecular formula is C19H28N2O4. The van der Waals surface area contributed by atoms with Crippen LogP contribution in [-0.2, 0) is 9.59 Å². The average Bonchev–Trinajstić information content (AvgIpc) is 2.59. The van der Waals surface area contributed by atoms with Crippen molar-refractivity contribution >= 4 is 11.8 Å². The number of carbonyl (C=O) groups excluding carboxylic acids is 2. The number of rotatable bonds is 7. The van der Waals surface area contributed by atoms with Crippen LogP contribution in [0.25, 0.3) is 0 Å². The van der Waals surface area contributed by atoms with Gasteiger partial charge in [-0.15, -0.1) is 0 Å². The molecule has 1 heterocycles. The molecule has 0 aliphatic carbocycles. The van der Waals surface area contributed by atoms with Gasteiger partial charge in [-0.3, -0.25) is 9.59 Å². The highest BCUT2D eigenvalue weighted by molar-refractivity contribution is 5.86. The van der Waals surface area contributed by atoms with Crippen LogP contribution in [0.2, 0.25) is 0 Å². The molecule has 2 rings (SSSR count). The van der Waals surface area contributed by atoms with Gasteiger partial charge in [0.1, 0.15) is 0 Å². The molecule has 2 atom stereocenters. The summed E-state index contributed by atoms with van der Waals surface area (Å²) in [6, 6.07) is 5.54. The van der Waals surface area contributed by atoms with Gasteiger partial charge in [0, 0.05) is 13.0 Å². The highest BCUT2D eigenvalue weighted by Crippen LogP contribution is 2.32. The zero-order valence-electron chi connectivity index (χ0n) is 15.5. The molecule has 2 unspecified atom stereocenters. The van der Waals surface area contributed by atoms with Gasteiger partial charge in [-0.1, -0.05) is 6.07 Å². The van der Waals surface area contributed by atoms with E-state index < -0.39 is 5.41 Å². The van der Waals surface area contributed by atoms with E-state index >= 15 is 0 Å². The van der Waals surface area contributed by atoms with E-state index in [0.29, 0.717) is 44.1 Å². The van der Waals surface area contributed by atoms with Gasteiger partial charge >= 0.3 is 0 Å². The largest absolute Gasteiger partial charge is 0.490 e. The van der Waals surface area contributed by atoms with Gasteiger partial charge in [0.15, 0.2) is 11.5 Å². The molecule has 1 aliphatic heterocycles. The highest BCUT2D eigenvalue weighted by Gasteiger charge is 2.37. The fourth-order valence-electron chi connectivity index (χ4n) is 2.84. The Bertz CT molecular complexity index is 620. The second-order valence-corrected chi connectivity index (χ2v) is 6.60. The van der Waals surface area contributed by atoms with Crippen molar-refractivity contribution in [3.63, 3.8) is 0 Å². The van der Waals surface area contributed by atoms with Crippen LogP contribution in [0.5, 0.6) is 11.5 Å². The first-order valence-corrected chi connectivity index (χ1v) is 8.87. The zero-order chi connectivity index (χ0) is 18.4. The van der Waals surface area contributed by atoms with Crippen molar-refractivity contribution in [3.8, 4) is 11.5 Å². The third-order valence-electron chi connectivity index (χ3n) is 4.54. The van der Waals surface area contributed by atoms with Crippen molar-refractivity contribution in [1.29, 1.82) is 0 Å². The lowest BCUT2D eigenvalue weighted by molar-refractivity contribution is -0.135. The molecule has 1 aliphatic rings. The second kappa shape index (κ2) is 8.23. The number of carbonyl (C=O) groups is 2. The molecule has 0 bridgehead atoms. The molecular weight excluding hydrogens is 320 g/mol. The monoisotopic (exact) mass is 348 g/mol. The Morgan fingerprint density at radius 2 is 1.96 bits per heavy atom. The first-order valence-electron chi connectivity index (χ1n) is 8.87. The molecule has 0 aromatic heterocycles. The second-order valence-electron chi connectivity index (χ2n) is 6.60. The lowest BCUT2D eigenvalue weighted by atomic mass is 9.81. The maximum Gasteiger partial charge on any atom is 0.228 e. The summed E-state index contributed by atoms with van der Waals surface area (Å²) in [7, 11) is 0. The maximum absolute atomic E-state index is 12.7. The fraction of sp³-hybridized carbons (Fsp3) is 0.579. The Hall–Kier alpha value is -2.24. The van der Waals surface area contributed by atoms with Crippen LogP contribution >= 0.6 is 0 Å². The van der Waals surface area contributed by atoms with Crippen molar-refractivity contribution in [1.82, 2.24) is 10.6 Å². The summed E-state index contributed by atoms with van der Waals surface area (Å²) in [4.78, 5) is 24.0. The van der Waals surface area contributed by atoms with Gasteiger partial charge in [0.2, 0.25) is 11.8 Å². The number of hydrogen-bond acceptors (Lipinski definition) is 4. The van der Waals surface area contributed by atoms with Crippen molar-refractivity contribution in [2.24, 2.45) is 5.41 Å². The van der Waals surface area contributed by atoms with Crippen LogP contribution in [0.1, 0.15) is 52.1 Å². The van der Waals surface area contributed by atoms with E-state index in [1.54, 1.807) is 0 Å². The maximum atomic E-state index is 12.7. The number of hydrogen-bond donors (Lipinski definition) is 2. The smallest absolute Gasteiger partial charge is 0.228 e. The van der Waals surface area contributed by atoms with E-state index in [2.05, 4.69) is 10.6 Å². The molecule has 2 amide bonds. The Balaban J connectivity index is 2.09. The predicted molar refractivity (Wildman–Crippen MR) is 95.7 cm³/mol. The minimum Gasteiger partial charge on any atom is -0.490 e. The molecule has 2 N–H and O–H groups in total. The summed E-state index contributed by atoms with van der Waals surface area (Å²) in [5.41, 5.74) is 0.375. The van der Waals surface area contributed by atoms with E-state index in [4.69, 9.17) is 9.47 Å². The molecule has 1 aromatic carbocycles. The van der Waals surface area contributed by atoms with E-state index in [-0.39, 0.29) is 17.9 Å². The molecule has 0 spiro atoms. The quantitative estimate of drug-likeness (QED) is 0.794. The van der Waals surface area contributed by atoms with Gasteiger partial charge in [0.25, 0.3) is 0 Å². The van der Waals surface area contributed by atoms with Crippen LogP contribution in [0.3, 0.4) is 0 Å². The van der Waals surface area contributed by atoms with E-state index in [9.17, 15) is 9.59 Å². The molecule has 6 heteroatoms. The standard InChI is InChI=1S/C19H28N2O4/c1-5-24-15-8-7-14(11-16(15)25-6-2)13(3)21-18(23)19(4)10-9-17(22)20-12-19/h7-8,11,13H,5-6,9-10,12H2,1-4H3,(H,20,22)(H,21,23). The first kappa shape index (κ1) is 19.1. The Labute approximate surface area is 149 Å². The third kappa shape index (κ3) is 4.65. The van der Waals surface area contributed by atoms with E-state index in [0.717, 1.165) is 5.56 Å². The van der Waals surface area contributed by atoms with Crippen molar-refractivity contribution < 1.29 is 19.1 Å². The molecule has 0 saturated carbocycles. The van der Waals surface area contributed by atoms with E-state index in [1.807, 2.05) is 45.9 Å². The Morgan fingerprint density at radius 3 is 2.56 bits per heavy atom. The van der Waals surface area contributed by atoms with Crippen LogP contribution in [0, 0.1) is 5.41 Å². The SMILES string of the molecule is CCOc1ccc(C(C)NC(=O)C2(C)CCC(=O)NC2)cc1OCC. The predicted octanol–water partition coefficient (Wildman–Crippen LogP) is 2.58. The van der Waals surface area contributed by atoms with Gasteiger partial charge in [-0.2, -0.15) is 0 Å². The number of ether oxygens (including phenoxy) is 2. The topological polar surface area (TPSA) is 76.7 Å². The van der Waals surface area contributed by atoms with Gasteiger partial charge in [-0.05, 0) is 51.8 Å². The van der Waals surface area contributed by atoms with Gasteiger partial charge in [0.05, 0.1) is 24.7 Å². The van der Waals surface area contributed by atoms with Crippen LogP contribution in [-0.4, -0.2) is 31.6 Å². The number of piperidine rings is 1. The van der Waals surface area contributed by atoms with Gasteiger partial charge in [-0.25, -0.2) is 0 Å². The van der Waals surface area contributed by atoms with Gasteiger partial charge < -0.3 is 20.1 Å². The first-order chi connectivity index (χ1) is 11.9. The summed E-state index contributed by atoms with van der Waals surface area (Å²) < 4.78 is 11.2. The van der Waals surface area contributed by atoms with Crippen LogP contribution in [0.15, 0.2) is 18.2 Å². The Kier molecular flexibility index (Phi) is 6.28. The molecule has 1 aromatic rings. The van der Waals surface area contributed by atoms with Crippen LogP contribution < -0.4 is 20.1 Å². The fourth-order valence-corrected chi connectivity index (χ4v) is 2.84. The summed E-state index contributed by atoms with van der Waals surface area (Å²) in [6.07, 6.45) is 0.945. The zero-order valence-corrected chi connectivity index (χ0v) is 15.5. The summed E-state index contributed by atoms with van der Waals surface area (Å²) in [5, 5.41) is 5.83. The normalized spacial score (nSPS) is 21.2. The van der Waals surface area contributed by atoms with E-state index in [1.165, 1.54) is 0 Å². The third-order valence-corrected chi connectivity index (χ3v) is 4.54. The average molecular weight is 348 g/mol. The van der Waals surface area contributed by atoms with Crippen molar-refractivity contribution in [2.45, 2.75) is 46.6 Å². The number of amides is 2. The molecule has 6 nitrogen and oxygen atoms in total. The lowest BCUT2D eigenvalue weighted by Gasteiger charge is -2.33. The molecule has 1 fully saturated rings. The van der Waals surface area contributed by atoms with Crippen LogP contribution in [0.4, 0.5) is 0 Å². The number of benzene rings is 1. The molecule has 0 radical (unpaired) electrons.